The molecule has 2 aliphatic rings. The van der Waals surface area contributed by atoms with Gasteiger partial charge >= 0.3 is 5.97 Å². The molecule has 6 nitrogen and oxygen atoms in total. The number of hydrogen-bond donors (Lipinski definition) is 2. The number of hydrogen-bond acceptors (Lipinski definition) is 5. The maximum Gasteiger partial charge on any atom is 0.356 e. The van der Waals surface area contributed by atoms with Crippen molar-refractivity contribution in [1.82, 2.24) is 15.1 Å². The molecule has 1 aromatic rings. The van der Waals surface area contributed by atoms with Crippen LogP contribution in [0.25, 0.3) is 0 Å². The number of aromatic carboxylic acids is 1. The van der Waals surface area contributed by atoms with E-state index in [0.29, 0.717) is 17.9 Å². The Kier molecular flexibility index (Phi) is 3.33. The lowest BCUT2D eigenvalue weighted by atomic mass is 9.99. The lowest BCUT2D eigenvalue weighted by molar-refractivity contribution is 0.0689. The molecular weight excluding hydrogens is 244 g/mol. The first kappa shape index (κ1) is 12.3. The first-order valence-corrected chi connectivity index (χ1v) is 6.81. The van der Waals surface area contributed by atoms with Crippen LogP contribution in [0.15, 0.2) is 12.1 Å². The monoisotopic (exact) mass is 262 g/mol. The van der Waals surface area contributed by atoms with Crippen molar-refractivity contribution in [2.24, 2.45) is 0 Å². The summed E-state index contributed by atoms with van der Waals surface area (Å²) < 4.78 is 0. The van der Waals surface area contributed by atoms with Gasteiger partial charge in [0, 0.05) is 18.6 Å². The zero-order valence-electron chi connectivity index (χ0n) is 10.7. The quantitative estimate of drug-likeness (QED) is 0.852. The van der Waals surface area contributed by atoms with Crippen molar-refractivity contribution in [1.29, 1.82) is 0 Å². The minimum atomic E-state index is -1.04. The van der Waals surface area contributed by atoms with Gasteiger partial charge in [-0.2, -0.15) is 0 Å². The largest absolute Gasteiger partial charge is 0.476 e. The average molecular weight is 262 g/mol. The second-order valence-electron chi connectivity index (χ2n) is 5.25. The van der Waals surface area contributed by atoms with E-state index < -0.39 is 5.97 Å². The fourth-order valence-electron chi connectivity index (χ4n) is 3.13. The third kappa shape index (κ3) is 2.53. The lowest BCUT2D eigenvalue weighted by Gasteiger charge is -2.32. The second-order valence-corrected chi connectivity index (χ2v) is 5.25. The van der Waals surface area contributed by atoms with Gasteiger partial charge in [0.2, 0.25) is 0 Å². The Labute approximate surface area is 111 Å². The molecule has 2 fully saturated rings. The summed E-state index contributed by atoms with van der Waals surface area (Å²) >= 11 is 0. The minimum absolute atomic E-state index is 0.0173. The summed E-state index contributed by atoms with van der Waals surface area (Å²) in [5.41, 5.74) is -0.0173. The third-order valence-corrected chi connectivity index (χ3v) is 4.07. The number of aromatic nitrogens is 2. The molecule has 102 valence electrons. The van der Waals surface area contributed by atoms with Crippen LogP contribution in [0.1, 0.15) is 36.2 Å². The maximum absolute atomic E-state index is 10.7. The molecule has 1 aromatic heterocycles. The predicted octanol–water partition coefficient (Wildman–Crippen LogP) is 1.21. The zero-order valence-corrected chi connectivity index (χ0v) is 10.7. The molecule has 6 heteroatoms. The highest BCUT2D eigenvalue weighted by molar-refractivity contribution is 5.85. The zero-order chi connectivity index (χ0) is 13.2. The highest BCUT2D eigenvalue weighted by Crippen LogP contribution is 2.28. The van der Waals surface area contributed by atoms with Crippen LogP contribution in [0.4, 0.5) is 5.82 Å². The van der Waals surface area contributed by atoms with Gasteiger partial charge in [-0.15, -0.1) is 10.2 Å². The van der Waals surface area contributed by atoms with Crippen LogP contribution < -0.4 is 5.32 Å². The molecule has 0 spiro atoms. The van der Waals surface area contributed by atoms with E-state index in [4.69, 9.17) is 5.11 Å². The van der Waals surface area contributed by atoms with Gasteiger partial charge in [0.15, 0.2) is 5.69 Å². The molecule has 19 heavy (non-hydrogen) atoms. The van der Waals surface area contributed by atoms with Gasteiger partial charge in [0.25, 0.3) is 0 Å². The molecule has 3 rings (SSSR count). The van der Waals surface area contributed by atoms with Crippen LogP contribution in [0.3, 0.4) is 0 Å². The van der Waals surface area contributed by atoms with Crippen LogP contribution in [0, 0.1) is 0 Å². The number of carbonyl (C=O) groups is 1. The standard InChI is InChI=1S/C13H18N4O2/c18-13(19)10-4-5-12(16-15-10)14-9-6-8-17-7-2-1-3-11(9)17/h4-5,9,11H,1-3,6-8H2,(H,14,16)(H,18,19). The van der Waals surface area contributed by atoms with E-state index in [1.165, 1.54) is 31.9 Å². The SMILES string of the molecule is O=C(O)c1ccc(NC2CCN3CCCCC23)nn1. The van der Waals surface area contributed by atoms with E-state index in [-0.39, 0.29) is 5.69 Å². The van der Waals surface area contributed by atoms with Gasteiger partial charge in [-0.25, -0.2) is 4.79 Å². The van der Waals surface area contributed by atoms with E-state index in [1.54, 1.807) is 6.07 Å². The fraction of sp³-hybridized carbons (Fsp3) is 0.615. The van der Waals surface area contributed by atoms with Gasteiger partial charge in [-0.1, -0.05) is 6.42 Å². The van der Waals surface area contributed by atoms with Crippen LogP contribution in [-0.2, 0) is 0 Å². The van der Waals surface area contributed by atoms with Gasteiger partial charge in [0.05, 0.1) is 0 Å². The van der Waals surface area contributed by atoms with Gasteiger partial charge in [0.1, 0.15) is 5.82 Å². The normalized spacial score (nSPS) is 26.9. The molecule has 0 saturated carbocycles. The molecule has 2 unspecified atom stereocenters. The van der Waals surface area contributed by atoms with Crippen molar-refractivity contribution < 1.29 is 9.90 Å². The van der Waals surface area contributed by atoms with E-state index in [2.05, 4.69) is 20.4 Å². The summed E-state index contributed by atoms with van der Waals surface area (Å²) in [6, 6.07) is 4.19. The van der Waals surface area contributed by atoms with Gasteiger partial charge in [-0.3, -0.25) is 4.90 Å². The average Bonchev–Trinajstić information content (AvgIpc) is 2.83. The number of piperidine rings is 1. The Morgan fingerprint density at radius 2 is 2.16 bits per heavy atom. The predicted molar refractivity (Wildman–Crippen MR) is 70.2 cm³/mol. The van der Waals surface area contributed by atoms with Crippen LogP contribution in [-0.4, -0.2) is 51.3 Å². The summed E-state index contributed by atoms with van der Waals surface area (Å²) in [6.45, 7) is 2.34. The van der Waals surface area contributed by atoms with E-state index in [0.717, 1.165) is 13.0 Å². The Morgan fingerprint density at radius 1 is 1.26 bits per heavy atom. The van der Waals surface area contributed by atoms with Crippen molar-refractivity contribution in [2.75, 3.05) is 18.4 Å². The smallest absolute Gasteiger partial charge is 0.356 e. The highest BCUT2D eigenvalue weighted by atomic mass is 16.4. The molecule has 0 amide bonds. The Hall–Kier alpha value is -1.69. The van der Waals surface area contributed by atoms with Crippen molar-refractivity contribution >= 4 is 11.8 Å². The van der Waals surface area contributed by atoms with E-state index >= 15 is 0 Å². The first-order valence-electron chi connectivity index (χ1n) is 6.81. The summed E-state index contributed by atoms with van der Waals surface area (Å²) in [5.74, 6) is -0.374. The second kappa shape index (κ2) is 5.13. The first-order chi connectivity index (χ1) is 9.24. The Morgan fingerprint density at radius 3 is 2.89 bits per heavy atom. The van der Waals surface area contributed by atoms with Crippen molar-refractivity contribution in [3.05, 3.63) is 17.8 Å². The lowest BCUT2D eigenvalue weighted by Crippen LogP contribution is -2.41. The minimum Gasteiger partial charge on any atom is -0.476 e. The van der Waals surface area contributed by atoms with Crippen LogP contribution in [0.5, 0.6) is 0 Å². The molecule has 0 radical (unpaired) electrons. The molecule has 0 aliphatic carbocycles. The highest BCUT2D eigenvalue weighted by Gasteiger charge is 2.35. The number of carboxylic acid groups (broad SMARTS) is 1. The summed E-state index contributed by atoms with van der Waals surface area (Å²) in [7, 11) is 0. The number of nitrogens with zero attached hydrogens (tertiary/aromatic N) is 3. The molecule has 0 bridgehead atoms. The number of carboxylic acids is 1. The Bertz CT molecular complexity index is 462. The van der Waals surface area contributed by atoms with Crippen molar-refractivity contribution in [2.45, 2.75) is 37.8 Å². The van der Waals surface area contributed by atoms with Crippen molar-refractivity contribution in [3.63, 3.8) is 0 Å². The van der Waals surface area contributed by atoms with Crippen LogP contribution in [0.2, 0.25) is 0 Å². The molecule has 2 N–H and O–H groups in total. The molecular formula is C13H18N4O2. The van der Waals surface area contributed by atoms with E-state index in [9.17, 15) is 4.79 Å². The number of nitrogens with one attached hydrogen (secondary N) is 1. The van der Waals surface area contributed by atoms with Crippen molar-refractivity contribution in [3.8, 4) is 0 Å². The fourth-order valence-corrected chi connectivity index (χ4v) is 3.13. The molecule has 2 atom stereocenters. The van der Waals surface area contributed by atoms with Gasteiger partial charge in [-0.05, 0) is 37.9 Å². The molecule has 3 heterocycles. The summed E-state index contributed by atoms with van der Waals surface area (Å²) in [4.78, 5) is 13.3. The third-order valence-electron chi connectivity index (χ3n) is 4.07. The molecule has 0 aromatic carbocycles. The number of rotatable bonds is 3. The Balaban J connectivity index is 1.66. The van der Waals surface area contributed by atoms with Gasteiger partial charge < -0.3 is 10.4 Å². The maximum atomic E-state index is 10.7. The summed E-state index contributed by atoms with van der Waals surface area (Å²) in [5, 5.41) is 19.8. The summed E-state index contributed by atoms with van der Waals surface area (Å²) in [6.07, 6.45) is 4.95. The van der Waals surface area contributed by atoms with E-state index in [1.807, 2.05) is 0 Å². The number of fused-ring (bicyclic) bond motifs is 1. The molecule has 2 aliphatic heterocycles. The molecule has 2 saturated heterocycles. The number of anilines is 1. The van der Waals surface area contributed by atoms with Crippen LogP contribution >= 0.6 is 0 Å². The topological polar surface area (TPSA) is 78.4 Å².